The van der Waals surface area contributed by atoms with Gasteiger partial charge in [0.05, 0.1) is 13.2 Å². The van der Waals surface area contributed by atoms with Crippen LogP contribution >= 0.6 is 0 Å². The summed E-state index contributed by atoms with van der Waals surface area (Å²) >= 11 is 0. The number of aliphatic hydroxyl groups excluding tert-OH is 1. The Labute approximate surface area is 52.8 Å². The van der Waals surface area contributed by atoms with E-state index in [4.69, 9.17) is 5.11 Å². The molecule has 0 amide bonds. The first kappa shape index (κ1) is 6.51. The molecule has 1 unspecified atom stereocenters. The van der Waals surface area contributed by atoms with Gasteiger partial charge in [0, 0.05) is 0 Å². The van der Waals surface area contributed by atoms with Gasteiger partial charge in [-0.25, -0.2) is 0 Å². The third kappa shape index (κ3) is 1.40. The quantitative estimate of drug-likeness (QED) is 0.468. The second kappa shape index (κ2) is 2.33. The molecular formula is C5H9NO3. The smallest absolute Gasteiger partial charge is 0.169 e. The molecule has 0 aromatic carbocycles. The van der Waals surface area contributed by atoms with Crippen molar-refractivity contribution in [1.82, 2.24) is 0 Å². The molecule has 0 fully saturated rings. The van der Waals surface area contributed by atoms with Crippen molar-refractivity contribution in [3.63, 3.8) is 0 Å². The number of hydrogen-bond donors (Lipinski definition) is 2. The van der Waals surface area contributed by atoms with Crippen LogP contribution in [0, 0.1) is 0 Å². The molecule has 1 atom stereocenters. The van der Waals surface area contributed by atoms with Crippen LogP contribution in [0.1, 0.15) is 0 Å². The van der Waals surface area contributed by atoms with Gasteiger partial charge in [0.2, 0.25) is 0 Å². The summed E-state index contributed by atoms with van der Waals surface area (Å²) in [4.78, 5) is 3.64. The monoisotopic (exact) mass is 131 g/mol. The molecule has 0 aromatic heterocycles. The topological polar surface area (TPSA) is 62.0 Å². The Hall–Kier alpha value is -0.610. The predicted octanol–water partition coefficient (Wildman–Crippen LogP) is -1.23. The van der Waals surface area contributed by atoms with Crippen LogP contribution in [0.5, 0.6) is 0 Å². The molecule has 52 valence electrons. The van der Waals surface area contributed by atoms with Crippen LogP contribution in [0.15, 0.2) is 4.99 Å². The molecule has 0 bridgehead atoms. The highest BCUT2D eigenvalue weighted by Gasteiger charge is 2.28. The zero-order valence-electron chi connectivity index (χ0n) is 4.95. The standard InChI is InChI=1S/C5H9NO3/c7-2-5(8)1-6-4-9-3-5/h4,7-8H,1-3H2. The zero-order chi connectivity index (χ0) is 6.74. The molecule has 0 aliphatic carbocycles. The Morgan fingerprint density at radius 2 is 2.56 bits per heavy atom. The molecular weight excluding hydrogens is 122 g/mol. The Kier molecular flexibility index (Phi) is 1.68. The van der Waals surface area contributed by atoms with E-state index < -0.39 is 5.60 Å². The number of rotatable bonds is 1. The Bertz CT molecular complexity index is 125. The van der Waals surface area contributed by atoms with Gasteiger partial charge in [-0.05, 0) is 0 Å². The van der Waals surface area contributed by atoms with E-state index in [2.05, 4.69) is 9.73 Å². The molecule has 9 heavy (non-hydrogen) atoms. The first-order valence-electron chi connectivity index (χ1n) is 2.70. The summed E-state index contributed by atoms with van der Waals surface area (Å²) in [6.45, 7) is 0.0564. The van der Waals surface area contributed by atoms with E-state index in [1.807, 2.05) is 0 Å². The highest BCUT2D eigenvalue weighted by atomic mass is 16.5. The lowest BCUT2D eigenvalue weighted by atomic mass is 10.1. The van der Waals surface area contributed by atoms with Crippen LogP contribution in [0.25, 0.3) is 0 Å². The van der Waals surface area contributed by atoms with Gasteiger partial charge in [0.15, 0.2) is 6.40 Å². The summed E-state index contributed by atoms with van der Waals surface area (Å²) in [7, 11) is 0. The molecule has 4 nitrogen and oxygen atoms in total. The third-order valence-corrected chi connectivity index (χ3v) is 1.18. The first-order valence-corrected chi connectivity index (χ1v) is 2.70. The van der Waals surface area contributed by atoms with E-state index in [-0.39, 0.29) is 19.8 Å². The molecule has 0 saturated heterocycles. The lowest BCUT2D eigenvalue weighted by molar-refractivity contribution is -0.0486. The Balaban J connectivity index is 2.50. The highest BCUT2D eigenvalue weighted by Crippen LogP contribution is 2.07. The van der Waals surface area contributed by atoms with E-state index in [0.29, 0.717) is 0 Å². The van der Waals surface area contributed by atoms with Gasteiger partial charge in [-0.1, -0.05) is 0 Å². The summed E-state index contributed by atoms with van der Waals surface area (Å²) in [5.74, 6) is 0. The van der Waals surface area contributed by atoms with Gasteiger partial charge in [0.1, 0.15) is 12.2 Å². The summed E-state index contributed by atoms with van der Waals surface area (Å²) < 4.78 is 4.67. The lowest BCUT2D eigenvalue weighted by Crippen LogP contribution is -2.43. The van der Waals surface area contributed by atoms with Crippen LogP contribution < -0.4 is 0 Å². The fourth-order valence-corrected chi connectivity index (χ4v) is 0.594. The second-order valence-electron chi connectivity index (χ2n) is 2.14. The minimum absolute atomic E-state index is 0.132. The van der Waals surface area contributed by atoms with Crippen LogP contribution in [0.2, 0.25) is 0 Å². The largest absolute Gasteiger partial charge is 0.480 e. The lowest BCUT2D eigenvalue weighted by Gasteiger charge is -2.25. The number of aliphatic imine (C=N–C) groups is 1. The van der Waals surface area contributed by atoms with E-state index in [0.717, 1.165) is 0 Å². The van der Waals surface area contributed by atoms with Gasteiger partial charge in [0.25, 0.3) is 0 Å². The molecule has 0 saturated carbocycles. The van der Waals surface area contributed by atoms with Crippen LogP contribution in [-0.2, 0) is 4.74 Å². The van der Waals surface area contributed by atoms with Crippen molar-refractivity contribution in [2.45, 2.75) is 5.60 Å². The fraction of sp³-hybridized carbons (Fsp3) is 0.800. The molecule has 1 aliphatic rings. The van der Waals surface area contributed by atoms with Crippen LogP contribution in [-0.4, -0.2) is 42.0 Å². The average molecular weight is 131 g/mol. The molecule has 0 aromatic rings. The van der Waals surface area contributed by atoms with Crippen molar-refractivity contribution >= 4 is 6.40 Å². The maximum atomic E-state index is 9.19. The molecule has 0 spiro atoms. The number of ether oxygens (including phenoxy) is 1. The predicted molar refractivity (Wildman–Crippen MR) is 31.3 cm³/mol. The van der Waals surface area contributed by atoms with Crippen molar-refractivity contribution in [2.75, 3.05) is 19.8 Å². The van der Waals surface area contributed by atoms with E-state index in [1.54, 1.807) is 0 Å². The minimum atomic E-state index is -1.14. The SMILES string of the molecule is OCC1(O)CN=COC1. The Morgan fingerprint density at radius 3 is 2.89 bits per heavy atom. The van der Waals surface area contributed by atoms with Crippen molar-refractivity contribution in [1.29, 1.82) is 0 Å². The minimum Gasteiger partial charge on any atom is -0.480 e. The molecule has 2 N–H and O–H groups in total. The first-order chi connectivity index (χ1) is 4.27. The normalized spacial score (nSPS) is 34.0. The summed E-state index contributed by atoms with van der Waals surface area (Å²) in [5.41, 5.74) is -1.14. The maximum absolute atomic E-state index is 9.19. The molecule has 0 radical (unpaired) electrons. The second-order valence-corrected chi connectivity index (χ2v) is 2.14. The van der Waals surface area contributed by atoms with Crippen molar-refractivity contribution in [2.24, 2.45) is 4.99 Å². The maximum Gasteiger partial charge on any atom is 0.169 e. The van der Waals surface area contributed by atoms with E-state index >= 15 is 0 Å². The fourth-order valence-electron chi connectivity index (χ4n) is 0.594. The summed E-state index contributed by atoms with van der Waals surface area (Å²) in [6, 6.07) is 0. The Morgan fingerprint density at radius 1 is 1.78 bits per heavy atom. The van der Waals surface area contributed by atoms with Gasteiger partial charge < -0.3 is 14.9 Å². The summed E-state index contributed by atoms with van der Waals surface area (Å²) in [6.07, 6.45) is 1.28. The van der Waals surface area contributed by atoms with E-state index in [1.165, 1.54) is 6.40 Å². The van der Waals surface area contributed by atoms with Gasteiger partial charge in [-0.15, -0.1) is 0 Å². The summed E-state index contributed by atoms with van der Waals surface area (Å²) in [5, 5.41) is 17.7. The van der Waals surface area contributed by atoms with Crippen molar-refractivity contribution in [3.05, 3.63) is 0 Å². The van der Waals surface area contributed by atoms with Crippen LogP contribution in [0.4, 0.5) is 0 Å². The van der Waals surface area contributed by atoms with E-state index in [9.17, 15) is 5.11 Å². The van der Waals surface area contributed by atoms with Gasteiger partial charge in [-0.2, -0.15) is 0 Å². The number of hydrogen-bond acceptors (Lipinski definition) is 4. The molecule has 1 rings (SSSR count). The zero-order valence-corrected chi connectivity index (χ0v) is 4.95. The average Bonchev–Trinajstić information content (AvgIpc) is 1.90. The van der Waals surface area contributed by atoms with Gasteiger partial charge in [-0.3, -0.25) is 4.99 Å². The molecule has 1 heterocycles. The molecule has 1 aliphatic heterocycles. The highest BCUT2D eigenvalue weighted by molar-refractivity contribution is 5.47. The van der Waals surface area contributed by atoms with Crippen LogP contribution in [0.3, 0.4) is 0 Å². The third-order valence-electron chi connectivity index (χ3n) is 1.18. The van der Waals surface area contributed by atoms with Crippen molar-refractivity contribution < 1.29 is 14.9 Å². The van der Waals surface area contributed by atoms with Gasteiger partial charge >= 0.3 is 0 Å². The number of aliphatic hydroxyl groups is 2. The molecule has 4 heteroatoms. The van der Waals surface area contributed by atoms with Crippen molar-refractivity contribution in [3.8, 4) is 0 Å². The number of nitrogens with zero attached hydrogens (tertiary/aromatic N) is 1.